The molecule has 0 saturated carbocycles. The maximum atomic E-state index is 4.74. The van der Waals surface area contributed by atoms with Crippen LogP contribution in [-0.4, -0.2) is 38.2 Å². The van der Waals surface area contributed by atoms with Gasteiger partial charge in [0, 0.05) is 30.5 Å². The van der Waals surface area contributed by atoms with Crippen LogP contribution in [0, 0.1) is 12.3 Å². The van der Waals surface area contributed by atoms with Crippen LogP contribution in [0.15, 0.2) is 42.7 Å². The van der Waals surface area contributed by atoms with E-state index in [1.807, 2.05) is 19.3 Å². The summed E-state index contributed by atoms with van der Waals surface area (Å²) in [6.07, 6.45) is 5.01. The fraction of sp³-hybridized carbons (Fsp3) is 0.348. The quantitative estimate of drug-likeness (QED) is 0.456. The van der Waals surface area contributed by atoms with Crippen molar-refractivity contribution in [2.75, 3.05) is 18.4 Å². The van der Waals surface area contributed by atoms with Crippen LogP contribution in [-0.2, 0) is 6.54 Å². The van der Waals surface area contributed by atoms with Gasteiger partial charge in [0.05, 0.1) is 16.4 Å². The normalized spacial score (nSPS) is 16.4. The molecule has 0 unspecified atom stereocenters. The number of aryl methyl sites for hydroxylation is 1. The summed E-state index contributed by atoms with van der Waals surface area (Å²) < 4.78 is 1.14. The number of aromatic amines is 1. The van der Waals surface area contributed by atoms with Crippen LogP contribution in [0.5, 0.6) is 0 Å². The maximum Gasteiger partial charge on any atom is 0.189 e. The number of nitrogens with zero attached hydrogens (tertiary/aromatic N) is 4. The highest BCUT2D eigenvalue weighted by atomic mass is 32.1. The van der Waals surface area contributed by atoms with Crippen LogP contribution in [0.2, 0.25) is 0 Å². The van der Waals surface area contributed by atoms with Gasteiger partial charge in [-0.05, 0) is 60.7 Å². The molecule has 6 nitrogen and oxygen atoms in total. The van der Waals surface area contributed by atoms with Crippen molar-refractivity contribution in [1.82, 2.24) is 25.1 Å². The second kappa shape index (κ2) is 7.49. The van der Waals surface area contributed by atoms with Gasteiger partial charge in [0.2, 0.25) is 0 Å². The average Bonchev–Trinajstić information content (AvgIpc) is 3.39. The summed E-state index contributed by atoms with van der Waals surface area (Å²) in [5, 5.41) is 11.4. The number of benzene rings is 1. The molecule has 0 spiro atoms. The Balaban J connectivity index is 1.34. The first-order valence-electron chi connectivity index (χ1n) is 10.3. The molecular weight excluding hydrogens is 392 g/mol. The van der Waals surface area contributed by atoms with Gasteiger partial charge in [0.1, 0.15) is 5.82 Å². The number of hydrogen-bond donors (Lipinski definition) is 2. The molecule has 5 rings (SSSR count). The molecule has 30 heavy (non-hydrogen) atoms. The van der Waals surface area contributed by atoms with E-state index in [1.54, 1.807) is 11.3 Å². The smallest absolute Gasteiger partial charge is 0.189 e. The van der Waals surface area contributed by atoms with E-state index >= 15 is 0 Å². The van der Waals surface area contributed by atoms with E-state index in [9.17, 15) is 0 Å². The van der Waals surface area contributed by atoms with Gasteiger partial charge in [-0.2, -0.15) is 5.10 Å². The minimum absolute atomic E-state index is 0.420. The number of aromatic nitrogens is 4. The second-order valence-electron chi connectivity index (χ2n) is 8.91. The van der Waals surface area contributed by atoms with Gasteiger partial charge in [0.25, 0.3) is 0 Å². The van der Waals surface area contributed by atoms with Crippen molar-refractivity contribution in [1.29, 1.82) is 0 Å². The fourth-order valence-electron chi connectivity index (χ4n) is 4.16. The monoisotopic (exact) mass is 418 g/mol. The van der Waals surface area contributed by atoms with Crippen molar-refractivity contribution >= 4 is 32.5 Å². The SMILES string of the molecule is Cc1[nH]ncc1-c1ccc2nc(Nc3cc(CN4CCC(C)(C)C4)ccn3)sc2c1. The molecule has 0 bridgehead atoms. The largest absolute Gasteiger partial charge is 0.316 e. The van der Waals surface area contributed by atoms with E-state index in [4.69, 9.17) is 4.98 Å². The summed E-state index contributed by atoms with van der Waals surface area (Å²) in [5.74, 6) is 0.843. The van der Waals surface area contributed by atoms with Crippen molar-refractivity contribution in [3.8, 4) is 11.1 Å². The zero-order chi connectivity index (χ0) is 20.7. The molecule has 0 radical (unpaired) electrons. The third kappa shape index (κ3) is 3.95. The van der Waals surface area contributed by atoms with Gasteiger partial charge in [-0.3, -0.25) is 10.00 Å². The van der Waals surface area contributed by atoms with Crippen molar-refractivity contribution in [3.05, 3.63) is 54.0 Å². The maximum absolute atomic E-state index is 4.74. The van der Waals surface area contributed by atoms with Gasteiger partial charge < -0.3 is 5.32 Å². The van der Waals surface area contributed by atoms with Crippen molar-refractivity contribution < 1.29 is 0 Å². The molecule has 0 amide bonds. The predicted octanol–water partition coefficient (Wildman–Crippen LogP) is 5.37. The van der Waals surface area contributed by atoms with E-state index in [-0.39, 0.29) is 0 Å². The van der Waals surface area contributed by atoms with Crippen LogP contribution < -0.4 is 5.32 Å². The van der Waals surface area contributed by atoms with E-state index < -0.39 is 0 Å². The van der Waals surface area contributed by atoms with E-state index in [0.29, 0.717) is 5.41 Å². The lowest BCUT2D eigenvalue weighted by atomic mass is 9.93. The Morgan fingerprint density at radius 3 is 2.90 bits per heavy atom. The molecule has 1 aromatic carbocycles. The summed E-state index contributed by atoms with van der Waals surface area (Å²) in [6.45, 7) is 10.0. The minimum atomic E-state index is 0.420. The number of likely N-dealkylation sites (tertiary alicyclic amines) is 1. The first-order chi connectivity index (χ1) is 14.4. The molecule has 1 aliphatic heterocycles. The molecule has 3 aromatic heterocycles. The zero-order valence-corrected chi connectivity index (χ0v) is 18.4. The Bertz CT molecular complexity index is 1190. The van der Waals surface area contributed by atoms with Gasteiger partial charge in [-0.1, -0.05) is 31.3 Å². The number of rotatable bonds is 5. The number of nitrogens with one attached hydrogen (secondary N) is 2. The molecule has 1 aliphatic rings. The number of H-pyrrole nitrogens is 1. The van der Waals surface area contributed by atoms with Crippen LogP contribution in [0.4, 0.5) is 10.9 Å². The van der Waals surface area contributed by atoms with Crippen molar-refractivity contribution in [2.24, 2.45) is 5.41 Å². The lowest BCUT2D eigenvalue weighted by Gasteiger charge is -2.19. The lowest BCUT2D eigenvalue weighted by Crippen LogP contribution is -2.22. The molecular formula is C23H26N6S. The Morgan fingerprint density at radius 1 is 1.23 bits per heavy atom. The number of thiazole rings is 1. The fourth-order valence-corrected chi connectivity index (χ4v) is 5.07. The number of anilines is 2. The zero-order valence-electron chi connectivity index (χ0n) is 17.6. The number of pyridine rings is 1. The second-order valence-corrected chi connectivity index (χ2v) is 9.94. The first-order valence-corrected chi connectivity index (χ1v) is 11.1. The highest BCUT2D eigenvalue weighted by molar-refractivity contribution is 7.22. The third-order valence-electron chi connectivity index (χ3n) is 5.75. The lowest BCUT2D eigenvalue weighted by molar-refractivity contribution is 0.284. The molecule has 2 N–H and O–H groups in total. The number of fused-ring (bicyclic) bond motifs is 1. The van der Waals surface area contributed by atoms with E-state index in [0.717, 1.165) is 57.6 Å². The topological polar surface area (TPSA) is 69.7 Å². The van der Waals surface area contributed by atoms with Crippen LogP contribution in [0.3, 0.4) is 0 Å². The number of hydrogen-bond acceptors (Lipinski definition) is 6. The van der Waals surface area contributed by atoms with E-state index in [2.05, 4.69) is 69.6 Å². The summed E-state index contributed by atoms with van der Waals surface area (Å²) in [4.78, 5) is 11.8. The van der Waals surface area contributed by atoms with Crippen molar-refractivity contribution in [2.45, 2.75) is 33.7 Å². The van der Waals surface area contributed by atoms with Crippen LogP contribution in [0.25, 0.3) is 21.3 Å². The average molecular weight is 419 g/mol. The summed E-state index contributed by atoms with van der Waals surface area (Å²) >= 11 is 1.64. The molecule has 1 fully saturated rings. The molecule has 1 saturated heterocycles. The predicted molar refractivity (Wildman–Crippen MR) is 123 cm³/mol. The molecule has 7 heteroatoms. The summed E-state index contributed by atoms with van der Waals surface area (Å²) in [6, 6.07) is 10.6. The Hall–Kier alpha value is -2.77. The minimum Gasteiger partial charge on any atom is -0.316 e. The van der Waals surface area contributed by atoms with Crippen molar-refractivity contribution in [3.63, 3.8) is 0 Å². The summed E-state index contributed by atoms with van der Waals surface area (Å²) in [7, 11) is 0. The van der Waals surface area contributed by atoms with E-state index in [1.165, 1.54) is 12.0 Å². The first kappa shape index (κ1) is 19.2. The van der Waals surface area contributed by atoms with Crippen LogP contribution in [0.1, 0.15) is 31.5 Å². The standard InChI is InChI=1S/C23H26N6S/c1-15-18(12-25-28-15)17-4-5-19-20(11-17)30-22(26-19)27-21-10-16(6-8-24-21)13-29-9-7-23(2,3)14-29/h4-6,8,10-12H,7,9,13-14H2,1-3H3,(H,25,28)(H,24,26,27). The Morgan fingerprint density at radius 2 is 2.13 bits per heavy atom. The van der Waals surface area contributed by atoms with Gasteiger partial charge in [-0.15, -0.1) is 0 Å². The van der Waals surface area contributed by atoms with Gasteiger partial charge in [-0.25, -0.2) is 9.97 Å². The highest BCUT2D eigenvalue weighted by Gasteiger charge is 2.28. The third-order valence-corrected chi connectivity index (χ3v) is 6.68. The molecule has 4 aromatic rings. The molecule has 0 aliphatic carbocycles. The Kier molecular flexibility index (Phi) is 4.79. The molecule has 0 atom stereocenters. The molecule has 4 heterocycles. The summed E-state index contributed by atoms with van der Waals surface area (Å²) in [5.41, 5.74) is 6.03. The molecule has 154 valence electrons. The highest BCUT2D eigenvalue weighted by Crippen LogP contribution is 2.33. The van der Waals surface area contributed by atoms with Gasteiger partial charge >= 0.3 is 0 Å². The van der Waals surface area contributed by atoms with Crippen LogP contribution >= 0.6 is 11.3 Å². The van der Waals surface area contributed by atoms with Gasteiger partial charge in [0.15, 0.2) is 5.13 Å². The Labute approximate surface area is 180 Å².